The van der Waals surface area contributed by atoms with Gasteiger partial charge in [0.1, 0.15) is 6.54 Å². The Labute approximate surface area is 91.1 Å². The lowest BCUT2D eigenvalue weighted by Gasteiger charge is -2.04. The quantitative estimate of drug-likeness (QED) is 0.801. The van der Waals surface area contributed by atoms with Crippen molar-refractivity contribution in [3.63, 3.8) is 0 Å². The number of carboxylic acids is 1. The number of carbonyl (C=O) groups is 1. The maximum atomic E-state index is 10.3. The van der Waals surface area contributed by atoms with Crippen LogP contribution in [0.25, 0.3) is 0 Å². The van der Waals surface area contributed by atoms with Gasteiger partial charge in [0.15, 0.2) is 0 Å². The number of rotatable bonds is 4. The Balaban J connectivity index is 0.000000921. The standard InChI is InChI=1S/C10H13NO2.C2H6/c1-2-8-4-3-5-9(6-8)11-7-10(12)13;1-2/h3-6,11H,2,7H2,1H3,(H,12,13);1-2H3. The van der Waals surface area contributed by atoms with E-state index in [4.69, 9.17) is 5.11 Å². The summed E-state index contributed by atoms with van der Waals surface area (Å²) in [5.41, 5.74) is 2.07. The fourth-order valence-corrected chi connectivity index (χ4v) is 1.08. The molecule has 1 rings (SSSR count). The smallest absolute Gasteiger partial charge is 0.322 e. The van der Waals surface area contributed by atoms with Crippen LogP contribution in [-0.2, 0) is 11.2 Å². The fourth-order valence-electron chi connectivity index (χ4n) is 1.08. The van der Waals surface area contributed by atoms with Crippen LogP contribution in [0, 0.1) is 0 Å². The van der Waals surface area contributed by atoms with Crippen LogP contribution in [0.3, 0.4) is 0 Å². The largest absolute Gasteiger partial charge is 0.480 e. The summed E-state index contributed by atoms with van der Waals surface area (Å²) in [6, 6.07) is 7.76. The molecule has 0 aliphatic carbocycles. The minimum atomic E-state index is -0.845. The molecular weight excluding hydrogens is 190 g/mol. The summed E-state index contributed by atoms with van der Waals surface area (Å²) < 4.78 is 0. The van der Waals surface area contributed by atoms with Crippen LogP contribution < -0.4 is 5.32 Å². The molecule has 0 heterocycles. The first-order valence-corrected chi connectivity index (χ1v) is 5.27. The molecule has 84 valence electrons. The van der Waals surface area contributed by atoms with Gasteiger partial charge >= 0.3 is 5.97 Å². The Kier molecular flexibility index (Phi) is 7.06. The maximum absolute atomic E-state index is 10.3. The SMILES string of the molecule is CC.CCc1cccc(NCC(=O)O)c1. The van der Waals surface area contributed by atoms with E-state index in [0.29, 0.717) is 0 Å². The molecule has 3 heteroatoms. The molecule has 15 heavy (non-hydrogen) atoms. The summed E-state index contributed by atoms with van der Waals surface area (Å²) in [5.74, 6) is -0.845. The molecule has 1 aromatic rings. The molecule has 0 fully saturated rings. The molecule has 2 N–H and O–H groups in total. The first-order valence-electron chi connectivity index (χ1n) is 5.27. The number of anilines is 1. The lowest BCUT2D eigenvalue weighted by atomic mass is 10.1. The molecule has 0 spiro atoms. The van der Waals surface area contributed by atoms with Gasteiger partial charge in [-0.15, -0.1) is 0 Å². The summed E-state index contributed by atoms with van der Waals surface area (Å²) in [6.45, 7) is 6.03. The zero-order chi connectivity index (χ0) is 11.7. The average molecular weight is 209 g/mol. The van der Waals surface area contributed by atoms with Crippen molar-refractivity contribution in [3.05, 3.63) is 29.8 Å². The van der Waals surface area contributed by atoms with Crippen LogP contribution in [0.5, 0.6) is 0 Å². The van der Waals surface area contributed by atoms with Gasteiger partial charge in [-0.25, -0.2) is 0 Å². The zero-order valence-electron chi connectivity index (χ0n) is 9.58. The van der Waals surface area contributed by atoms with Crippen LogP contribution in [-0.4, -0.2) is 17.6 Å². The van der Waals surface area contributed by atoms with E-state index >= 15 is 0 Å². The van der Waals surface area contributed by atoms with Gasteiger partial charge < -0.3 is 10.4 Å². The monoisotopic (exact) mass is 209 g/mol. The molecule has 0 saturated carbocycles. The van der Waals surface area contributed by atoms with Crippen molar-refractivity contribution in [1.82, 2.24) is 0 Å². The summed E-state index contributed by atoms with van der Waals surface area (Å²) in [6.07, 6.45) is 0.961. The van der Waals surface area contributed by atoms with Crippen LogP contribution in [0.1, 0.15) is 26.3 Å². The average Bonchev–Trinajstić information content (AvgIpc) is 2.29. The third kappa shape index (κ3) is 5.73. The molecule has 1 aromatic carbocycles. The Morgan fingerprint density at radius 3 is 2.60 bits per heavy atom. The minimum absolute atomic E-state index is 0.0346. The summed E-state index contributed by atoms with van der Waals surface area (Å²) in [7, 11) is 0. The predicted octanol–water partition coefficient (Wildman–Crippen LogP) is 2.77. The lowest BCUT2D eigenvalue weighted by molar-refractivity contribution is -0.134. The van der Waals surface area contributed by atoms with Gasteiger partial charge in [0, 0.05) is 5.69 Å². The van der Waals surface area contributed by atoms with Crippen LogP contribution in [0.2, 0.25) is 0 Å². The molecule has 0 saturated heterocycles. The van der Waals surface area contributed by atoms with Gasteiger partial charge in [-0.1, -0.05) is 32.9 Å². The second kappa shape index (κ2) is 7.85. The highest BCUT2D eigenvalue weighted by molar-refractivity contribution is 5.72. The van der Waals surface area contributed by atoms with E-state index in [0.717, 1.165) is 12.1 Å². The number of hydrogen-bond acceptors (Lipinski definition) is 2. The first-order chi connectivity index (χ1) is 7.22. The summed E-state index contributed by atoms with van der Waals surface area (Å²) >= 11 is 0. The number of hydrogen-bond donors (Lipinski definition) is 2. The Morgan fingerprint density at radius 2 is 2.07 bits per heavy atom. The summed E-state index contributed by atoms with van der Waals surface area (Å²) in [4.78, 5) is 10.3. The van der Waals surface area contributed by atoms with Crippen molar-refractivity contribution in [3.8, 4) is 0 Å². The first kappa shape index (κ1) is 13.5. The van der Waals surface area contributed by atoms with Crippen LogP contribution >= 0.6 is 0 Å². The molecule has 0 aromatic heterocycles. The molecule has 0 bridgehead atoms. The molecular formula is C12H19NO2. The molecule has 0 aliphatic rings. The molecule has 0 unspecified atom stereocenters. The van der Waals surface area contributed by atoms with E-state index in [2.05, 4.69) is 12.2 Å². The number of benzene rings is 1. The number of aliphatic carboxylic acids is 1. The van der Waals surface area contributed by atoms with Crippen molar-refractivity contribution >= 4 is 11.7 Å². The third-order valence-electron chi connectivity index (χ3n) is 1.78. The predicted molar refractivity (Wildman–Crippen MR) is 63.3 cm³/mol. The van der Waals surface area contributed by atoms with Gasteiger partial charge in [0.2, 0.25) is 0 Å². The van der Waals surface area contributed by atoms with Gasteiger partial charge in [0.25, 0.3) is 0 Å². The van der Waals surface area contributed by atoms with Gasteiger partial charge in [-0.3, -0.25) is 4.79 Å². The van der Waals surface area contributed by atoms with E-state index in [1.165, 1.54) is 5.56 Å². The zero-order valence-corrected chi connectivity index (χ0v) is 9.58. The van der Waals surface area contributed by atoms with Crippen molar-refractivity contribution in [2.75, 3.05) is 11.9 Å². The molecule has 0 aliphatic heterocycles. The van der Waals surface area contributed by atoms with Gasteiger partial charge in [0.05, 0.1) is 0 Å². The number of aryl methyl sites for hydroxylation is 1. The lowest BCUT2D eigenvalue weighted by Crippen LogP contribution is -2.12. The Bertz CT molecular complexity index is 297. The van der Waals surface area contributed by atoms with E-state index in [9.17, 15) is 4.79 Å². The van der Waals surface area contributed by atoms with Crippen molar-refractivity contribution in [1.29, 1.82) is 0 Å². The van der Waals surface area contributed by atoms with E-state index in [1.54, 1.807) is 0 Å². The van der Waals surface area contributed by atoms with Gasteiger partial charge in [-0.2, -0.15) is 0 Å². The Morgan fingerprint density at radius 1 is 1.40 bits per heavy atom. The molecule has 3 nitrogen and oxygen atoms in total. The van der Waals surface area contributed by atoms with Crippen molar-refractivity contribution in [2.24, 2.45) is 0 Å². The van der Waals surface area contributed by atoms with Crippen LogP contribution in [0.15, 0.2) is 24.3 Å². The Hall–Kier alpha value is -1.51. The fraction of sp³-hybridized carbons (Fsp3) is 0.417. The normalized spacial score (nSPS) is 8.73. The third-order valence-corrected chi connectivity index (χ3v) is 1.78. The topological polar surface area (TPSA) is 49.3 Å². The van der Waals surface area contributed by atoms with Crippen molar-refractivity contribution < 1.29 is 9.90 Å². The second-order valence-electron chi connectivity index (χ2n) is 2.80. The van der Waals surface area contributed by atoms with Crippen LogP contribution in [0.4, 0.5) is 5.69 Å². The van der Waals surface area contributed by atoms with E-state index in [1.807, 2.05) is 38.1 Å². The molecule has 0 amide bonds. The highest BCUT2D eigenvalue weighted by Gasteiger charge is 1.96. The summed E-state index contributed by atoms with van der Waals surface area (Å²) in [5, 5.41) is 11.3. The van der Waals surface area contributed by atoms with E-state index in [-0.39, 0.29) is 6.54 Å². The van der Waals surface area contributed by atoms with E-state index < -0.39 is 5.97 Å². The van der Waals surface area contributed by atoms with Crippen molar-refractivity contribution in [2.45, 2.75) is 27.2 Å². The second-order valence-corrected chi connectivity index (χ2v) is 2.80. The number of carboxylic acid groups (broad SMARTS) is 1. The van der Waals surface area contributed by atoms with Gasteiger partial charge in [-0.05, 0) is 24.1 Å². The minimum Gasteiger partial charge on any atom is -0.480 e. The maximum Gasteiger partial charge on any atom is 0.322 e. The highest BCUT2D eigenvalue weighted by atomic mass is 16.4. The molecule has 0 radical (unpaired) electrons. The highest BCUT2D eigenvalue weighted by Crippen LogP contribution is 2.10. The molecule has 0 atom stereocenters. The number of nitrogens with one attached hydrogen (secondary N) is 1.